The van der Waals surface area contributed by atoms with E-state index in [1.165, 1.54) is 11.3 Å². The molecule has 4 rings (SSSR count). The Kier molecular flexibility index (Phi) is 3.25. The lowest BCUT2D eigenvalue weighted by Crippen LogP contribution is -2.43. The van der Waals surface area contributed by atoms with Crippen LogP contribution in [0.25, 0.3) is 0 Å². The average Bonchev–Trinajstić information content (AvgIpc) is 3.23. The number of quaternary nitrogens is 1. The molecule has 0 bridgehead atoms. The molecule has 0 aliphatic carbocycles. The molecule has 0 spiro atoms. The van der Waals surface area contributed by atoms with Gasteiger partial charge >= 0.3 is 0 Å². The lowest BCUT2D eigenvalue weighted by atomic mass is 10.3. The number of thiazole rings is 1. The Morgan fingerprint density at radius 3 is 2.83 bits per heavy atom. The molecule has 2 aromatic rings. The number of aromatic nitrogens is 1. The summed E-state index contributed by atoms with van der Waals surface area (Å²) < 4.78 is 5.32. The molecule has 114 valence electrons. The topological polar surface area (TPSA) is 71.2 Å². The molecule has 0 fully saturated rings. The fourth-order valence-corrected chi connectivity index (χ4v) is 3.06. The predicted molar refractivity (Wildman–Crippen MR) is 93.0 cm³/mol. The molecule has 1 unspecified atom stereocenters. The van der Waals surface area contributed by atoms with Crippen LogP contribution >= 0.6 is 11.3 Å². The highest BCUT2D eigenvalue weighted by Crippen LogP contribution is 2.33. The van der Waals surface area contributed by atoms with E-state index in [0.717, 1.165) is 22.3 Å². The number of hydrogen-bond donors (Lipinski definition) is 1. The third kappa shape index (κ3) is 2.33. The van der Waals surface area contributed by atoms with Gasteiger partial charge in [-0.3, -0.25) is 4.99 Å². The molecular weight excluding hydrogens is 312 g/mol. The first-order valence-corrected chi connectivity index (χ1v) is 7.77. The highest BCUT2D eigenvalue weighted by atomic mass is 32.1. The first-order chi connectivity index (χ1) is 11.3. The number of rotatable bonds is 3. The zero-order chi connectivity index (χ0) is 15.7. The normalized spacial score (nSPS) is 21.6. The molecule has 8 heteroatoms. The van der Waals surface area contributed by atoms with Crippen LogP contribution in [0.5, 0.6) is 5.75 Å². The number of nitrogens with one attached hydrogen (secondary N) is 1. The van der Waals surface area contributed by atoms with Crippen LogP contribution in [0.4, 0.5) is 10.7 Å². The largest absolute Gasteiger partial charge is 0.497 e. The number of fused-ring (bicyclic) bond motifs is 1. The molecule has 0 saturated carbocycles. The van der Waals surface area contributed by atoms with Gasteiger partial charge in [-0.1, -0.05) is 15.9 Å². The van der Waals surface area contributed by atoms with Gasteiger partial charge in [0.25, 0.3) is 11.8 Å². The molecule has 3 heterocycles. The van der Waals surface area contributed by atoms with E-state index in [2.05, 4.69) is 20.3 Å². The third-order valence-electron chi connectivity index (χ3n) is 3.48. The minimum Gasteiger partial charge on any atom is -0.497 e. The van der Waals surface area contributed by atoms with Gasteiger partial charge in [0, 0.05) is 5.69 Å². The highest BCUT2D eigenvalue weighted by Gasteiger charge is 2.43. The van der Waals surface area contributed by atoms with Gasteiger partial charge in [0.1, 0.15) is 18.2 Å². The Morgan fingerprint density at radius 2 is 2.09 bits per heavy atom. The van der Waals surface area contributed by atoms with E-state index in [-0.39, 0.29) is 4.59 Å². The molecule has 0 amide bonds. The van der Waals surface area contributed by atoms with Gasteiger partial charge in [0.2, 0.25) is 5.00 Å². The smallest absolute Gasteiger partial charge is 0.287 e. The number of guanidine groups is 1. The SMILES string of the molecule is COc1ccc(NC2=N[N+]3(c4cncs4)C=CN=CC3=N2)cc1. The van der Waals surface area contributed by atoms with Crippen LogP contribution in [0.15, 0.2) is 63.5 Å². The van der Waals surface area contributed by atoms with E-state index in [1.807, 2.05) is 30.5 Å². The summed E-state index contributed by atoms with van der Waals surface area (Å²) in [5.41, 5.74) is 2.67. The Morgan fingerprint density at radius 1 is 1.22 bits per heavy atom. The van der Waals surface area contributed by atoms with Crippen molar-refractivity contribution in [1.29, 1.82) is 0 Å². The first-order valence-electron chi connectivity index (χ1n) is 6.89. The Balaban J connectivity index is 1.67. The van der Waals surface area contributed by atoms with Crippen molar-refractivity contribution in [3.05, 3.63) is 48.4 Å². The molecule has 0 saturated heterocycles. The van der Waals surface area contributed by atoms with Gasteiger partial charge < -0.3 is 10.1 Å². The number of methoxy groups -OCH3 is 1. The maximum absolute atomic E-state index is 5.16. The van der Waals surface area contributed by atoms with Crippen LogP contribution in [-0.4, -0.2) is 30.1 Å². The van der Waals surface area contributed by atoms with E-state index in [1.54, 1.807) is 31.2 Å². The van der Waals surface area contributed by atoms with Crippen molar-refractivity contribution in [2.24, 2.45) is 15.1 Å². The number of ether oxygens (including phenoxy) is 1. The molecule has 1 atom stereocenters. The summed E-state index contributed by atoms with van der Waals surface area (Å²) in [6.07, 6.45) is 7.11. The molecule has 1 aromatic carbocycles. The fraction of sp³-hybridized carbons (Fsp3) is 0.0667. The number of amidine groups is 1. The van der Waals surface area contributed by atoms with E-state index >= 15 is 0 Å². The van der Waals surface area contributed by atoms with Crippen molar-refractivity contribution in [1.82, 2.24) is 9.58 Å². The highest BCUT2D eigenvalue weighted by molar-refractivity contribution is 7.13. The Hall–Kier alpha value is -2.84. The molecule has 2 aliphatic heterocycles. The zero-order valence-corrected chi connectivity index (χ0v) is 13.1. The Bertz CT molecular complexity index is 837. The first kappa shape index (κ1) is 13.8. The van der Waals surface area contributed by atoms with Gasteiger partial charge in [-0.2, -0.15) is 4.99 Å². The molecule has 1 N–H and O–H groups in total. The second kappa shape index (κ2) is 5.41. The van der Waals surface area contributed by atoms with Gasteiger partial charge in [-0.15, -0.1) is 0 Å². The lowest BCUT2D eigenvalue weighted by Gasteiger charge is -2.21. The summed E-state index contributed by atoms with van der Waals surface area (Å²) in [7, 11) is 1.64. The third-order valence-corrected chi connectivity index (χ3v) is 4.33. The molecule has 1 aromatic heterocycles. The van der Waals surface area contributed by atoms with Crippen LogP contribution < -0.4 is 14.6 Å². The van der Waals surface area contributed by atoms with Gasteiger partial charge in [0.15, 0.2) is 6.20 Å². The van der Waals surface area contributed by atoms with Crippen LogP contribution in [-0.2, 0) is 0 Å². The summed E-state index contributed by atoms with van der Waals surface area (Å²) >= 11 is 1.53. The van der Waals surface area contributed by atoms with E-state index < -0.39 is 0 Å². The summed E-state index contributed by atoms with van der Waals surface area (Å²) in [4.78, 5) is 12.9. The van der Waals surface area contributed by atoms with Crippen molar-refractivity contribution in [3.63, 3.8) is 0 Å². The van der Waals surface area contributed by atoms with Gasteiger partial charge in [-0.05, 0) is 29.4 Å². The van der Waals surface area contributed by atoms with Crippen molar-refractivity contribution < 1.29 is 4.74 Å². The second-order valence-electron chi connectivity index (χ2n) is 4.85. The molecule has 0 radical (unpaired) electrons. The minimum atomic E-state index is 0.159. The van der Waals surface area contributed by atoms with Crippen molar-refractivity contribution in [2.45, 2.75) is 0 Å². The number of hydrogen-bond acceptors (Lipinski definition) is 7. The van der Waals surface area contributed by atoms with E-state index in [4.69, 9.17) is 9.84 Å². The lowest BCUT2D eigenvalue weighted by molar-refractivity contribution is 0.415. The predicted octanol–water partition coefficient (Wildman–Crippen LogP) is 2.81. The number of benzene rings is 1. The van der Waals surface area contributed by atoms with Crippen molar-refractivity contribution in [2.75, 3.05) is 12.4 Å². The molecule has 2 aliphatic rings. The van der Waals surface area contributed by atoms with Gasteiger partial charge in [0.05, 0.1) is 18.8 Å². The number of aliphatic imine (C=N–C) groups is 2. The second-order valence-corrected chi connectivity index (χ2v) is 5.71. The van der Waals surface area contributed by atoms with Crippen LogP contribution in [0.1, 0.15) is 0 Å². The zero-order valence-electron chi connectivity index (χ0n) is 12.2. The monoisotopic (exact) mass is 325 g/mol. The van der Waals surface area contributed by atoms with Gasteiger partial charge in [-0.25, -0.2) is 4.98 Å². The van der Waals surface area contributed by atoms with Crippen molar-refractivity contribution >= 4 is 40.0 Å². The Labute approximate surface area is 136 Å². The van der Waals surface area contributed by atoms with E-state index in [9.17, 15) is 0 Å². The molecule has 23 heavy (non-hydrogen) atoms. The van der Waals surface area contributed by atoms with E-state index in [0.29, 0.717) is 5.96 Å². The summed E-state index contributed by atoms with van der Waals surface area (Å²) in [5, 5.41) is 8.89. The summed E-state index contributed by atoms with van der Waals surface area (Å²) in [6.45, 7) is 0. The molecule has 7 nitrogen and oxygen atoms in total. The maximum atomic E-state index is 5.16. The quantitative estimate of drug-likeness (QED) is 0.882. The van der Waals surface area contributed by atoms with Crippen molar-refractivity contribution in [3.8, 4) is 5.75 Å². The summed E-state index contributed by atoms with van der Waals surface area (Å²) in [5.74, 6) is 2.06. The standard InChI is InChI=1S/C15H13N6OS/c1-22-12-4-2-11(3-5-12)18-15-19-13-8-16-6-7-21(13,20-15)14-9-17-10-23-14/h2-10H,1H3,(H,18,20)/q+1. The fourth-order valence-electron chi connectivity index (χ4n) is 2.35. The van der Waals surface area contributed by atoms with Crippen LogP contribution in [0.3, 0.4) is 0 Å². The maximum Gasteiger partial charge on any atom is 0.287 e. The number of anilines is 1. The molecular formula is C15H13N6OS+. The number of nitrogens with zero attached hydrogens (tertiary/aromatic N) is 5. The van der Waals surface area contributed by atoms with Crippen LogP contribution in [0, 0.1) is 0 Å². The average molecular weight is 325 g/mol. The van der Waals surface area contributed by atoms with Crippen LogP contribution in [0.2, 0.25) is 0 Å². The summed E-state index contributed by atoms with van der Waals surface area (Å²) in [6, 6.07) is 7.60. The minimum absolute atomic E-state index is 0.159.